The molecule has 2 aromatic heterocycles. The van der Waals surface area contributed by atoms with Gasteiger partial charge in [-0.25, -0.2) is 9.97 Å². The van der Waals surface area contributed by atoms with E-state index in [9.17, 15) is 18.0 Å². The maximum atomic E-state index is 13.9. The molecule has 10 heteroatoms. The number of H-pyrrole nitrogens is 1. The smallest absolute Gasteiger partial charge is 0.322 e. The van der Waals surface area contributed by atoms with Crippen LogP contribution >= 0.6 is 0 Å². The topological polar surface area (TPSA) is 86.8 Å². The molecule has 200 valence electrons. The molecular weight excluding hydrogens is 505 g/mol. The Labute approximate surface area is 223 Å². The van der Waals surface area contributed by atoms with Gasteiger partial charge in [-0.1, -0.05) is 18.1 Å². The van der Waals surface area contributed by atoms with Crippen molar-refractivity contribution < 1.29 is 18.0 Å². The molecule has 1 saturated heterocycles. The van der Waals surface area contributed by atoms with Crippen LogP contribution in [0.25, 0.3) is 11.2 Å². The van der Waals surface area contributed by atoms with Crippen molar-refractivity contribution in [3.05, 3.63) is 82.3 Å². The minimum Gasteiger partial charge on any atom is -0.322 e. The fourth-order valence-corrected chi connectivity index (χ4v) is 4.70. The van der Waals surface area contributed by atoms with E-state index in [4.69, 9.17) is 0 Å². The van der Waals surface area contributed by atoms with Crippen LogP contribution in [0.5, 0.6) is 0 Å². The molecule has 0 radical (unpaired) electrons. The lowest BCUT2D eigenvalue weighted by molar-refractivity contribution is -0.138. The number of carbonyl (C=O) groups is 1. The first kappa shape index (κ1) is 26.4. The molecule has 1 aliphatic rings. The normalized spacial score (nSPS) is 14.7. The molecule has 2 N–H and O–H groups in total. The standard InChI is InChI=1S/C29H27F3N6O/c1-18-3-4-22(14-20(18)5-8-24-16-33-27-26(35-24)17-34-37-27)28(39)36-23-7-6-21(25(15-23)29(30,31)32)13-19-9-11-38(2)12-10-19/h3-4,6-7,14-17,19H,9-13H2,1-2H3,(H,36,39)(H,33,34,37). The predicted molar refractivity (Wildman–Crippen MR) is 142 cm³/mol. The number of nitrogens with one attached hydrogen (secondary N) is 2. The van der Waals surface area contributed by atoms with E-state index >= 15 is 0 Å². The van der Waals surface area contributed by atoms with E-state index in [1.807, 2.05) is 14.0 Å². The molecule has 0 aliphatic carbocycles. The fraction of sp³-hybridized carbons (Fsp3) is 0.310. The van der Waals surface area contributed by atoms with E-state index in [2.05, 4.69) is 42.2 Å². The molecule has 39 heavy (non-hydrogen) atoms. The summed E-state index contributed by atoms with van der Waals surface area (Å²) in [5.74, 6) is 5.64. The van der Waals surface area contributed by atoms with Gasteiger partial charge in [-0.2, -0.15) is 18.3 Å². The monoisotopic (exact) mass is 532 g/mol. The molecule has 7 nitrogen and oxygen atoms in total. The van der Waals surface area contributed by atoms with Crippen molar-refractivity contribution in [3.8, 4) is 11.8 Å². The van der Waals surface area contributed by atoms with Crippen molar-refractivity contribution in [2.45, 2.75) is 32.4 Å². The van der Waals surface area contributed by atoms with Gasteiger partial charge in [0.15, 0.2) is 5.65 Å². The van der Waals surface area contributed by atoms with Crippen molar-refractivity contribution in [2.24, 2.45) is 5.92 Å². The molecule has 4 aromatic rings. The summed E-state index contributed by atoms with van der Waals surface area (Å²) in [6.07, 6.45) is 0.666. The van der Waals surface area contributed by atoms with E-state index < -0.39 is 17.6 Å². The van der Waals surface area contributed by atoms with Crippen LogP contribution in [0.15, 0.2) is 48.8 Å². The summed E-state index contributed by atoms with van der Waals surface area (Å²) in [7, 11) is 2.02. The average Bonchev–Trinajstić information content (AvgIpc) is 3.38. The van der Waals surface area contributed by atoms with Gasteiger partial charge in [0.1, 0.15) is 11.2 Å². The maximum Gasteiger partial charge on any atom is 0.416 e. The minimum absolute atomic E-state index is 0.0938. The summed E-state index contributed by atoms with van der Waals surface area (Å²) in [5, 5.41) is 9.23. The number of hydrogen-bond acceptors (Lipinski definition) is 5. The largest absolute Gasteiger partial charge is 0.416 e. The van der Waals surface area contributed by atoms with Gasteiger partial charge in [-0.15, -0.1) is 0 Å². The number of amides is 1. The number of aromatic nitrogens is 4. The van der Waals surface area contributed by atoms with Crippen LogP contribution in [0.2, 0.25) is 0 Å². The van der Waals surface area contributed by atoms with Crippen LogP contribution < -0.4 is 5.32 Å². The zero-order valence-electron chi connectivity index (χ0n) is 21.6. The Morgan fingerprint density at radius 1 is 1.13 bits per heavy atom. The summed E-state index contributed by atoms with van der Waals surface area (Å²) >= 11 is 0. The van der Waals surface area contributed by atoms with E-state index in [1.165, 1.54) is 18.3 Å². The van der Waals surface area contributed by atoms with Crippen LogP contribution in [0, 0.1) is 24.7 Å². The van der Waals surface area contributed by atoms with Crippen LogP contribution in [-0.2, 0) is 12.6 Å². The highest BCUT2D eigenvalue weighted by Gasteiger charge is 2.34. The molecule has 2 aromatic carbocycles. The number of rotatable bonds is 4. The lowest BCUT2D eigenvalue weighted by Crippen LogP contribution is -2.31. The van der Waals surface area contributed by atoms with E-state index in [0.29, 0.717) is 28.8 Å². The second-order valence-electron chi connectivity index (χ2n) is 9.91. The highest BCUT2D eigenvalue weighted by Crippen LogP contribution is 2.36. The number of carbonyl (C=O) groups excluding carboxylic acids is 1. The van der Waals surface area contributed by atoms with Gasteiger partial charge in [0.25, 0.3) is 5.91 Å². The number of aromatic amines is 1. The number of alkyl halides is 3. The first-order valence-electron chi connectivity index (χ1n) is 12.6. The molecule has 0 saturated carbocycles. The minimum atomic E-state index is -4.52. The lowest BCUT2D eigenvalue weighted by atomic mass is 9.88. The first-order valence-corrected chi connectivity index (χ1v) is 12.6. The fourth-order valence-electron chi connectivity index (χ4n) is 4.70. The molecule has 0 spiro atoms. The quantitative estimate of drug-likeness (QED) is 0.352. The van der Waals surface area contributed by atoms with Gasteiger partial charge in [-0.3, -0.25) is 9.89 Å². The van der Waals surface area contributed by atoms with Crippen LogP contribution in [-0.4, -0.2) is 51.1 Å². The van der Waals surface area contributed by atoms with Crippen molar-refractivity contribution >= 4 is 22.8 Å². The number of likely N-dealkylation sites (tertiary alicyclic amines) is 1. The molecular formula is C29H27F3N6O. The third kappa shape index (κ3) is 6.26. The summed E-state index contributed by atoms with van der Waals surface area (Å²) in [6.45, 7) is 3.63. The first-order chi connectivity index (χ1) is 18.7. The van der Waals surface area contributed by atoms with Gasteiger partial charge in [-0.05, 0) is 93.6 Å². The predicted octanol–water partition coefficient (Wildman–Crippen LogP) is 5.22. The van der Waals surface area contributed by atoms with E-state index in [1.54, 1.807) is 24.4 Å². The van der Waals surface area contributed by atoms with Crippen molar-refractivity contribution in [2.75, 3.05) is 25.5 Å². The molecule has 0 unspecified atom stereocenters. The number of benzene rings is 2. The Morgan fingerprint density at radius 2 is 1.92 bits per heavy atom. The Bertz CT molecular complexity index is 1580. The molecule has 1 aliphatic heterocycles. The van der Waals surface area contributed by atoms with Crippen LogP contribution in [0.3, 0.4) is 0 Å². The lowest BCUT2D eigenvalue weighted by Gasteiger charge is -2.29. The number of piperidine rings is 1. The number of anilines is 1. The van der Waals surface area contributed by atoms with Crippen molar-refractivity contribution in [1.82, 2.24) is 25.1 Å². The van der Waals surface area contributed by atoms with E-state index in [-0.39, 0.29) is 22.7 Å². The molecule has 5 rings (SSSR count). The van der Waals surface area contributed by atoms with E-state index in [0.717, 1.165) is 37.6 Å². The van der Waals surface area contributed by atoms with Gasteiger partial charge < -0.3 is 10.2 Å². The van der Waals surface area contributed by atoms with Gasteiger partial charge in [0.2, 0.25) is 0 Å². The van der Waals surface area contributed by atoms with Crippen LogP contribution in [0.4, 0.5) is 18.9 Å². The number of halogens is 3. The Morgan fingerprint density at radius 3 is 2.69 bits per heavy atom. The summed E-state index contributed by atoms with van der Waals surface area (Å²) < 4.78 is 41.8. The molecule has 3 heterocycles. The number of nitrogens with zero attached hydrogens (tertiary/aromatic N) is 4. The molecule has 0 atom stereocenters. The average molecular weight is 533 g/mol. The molecule has 1 fully saturated rings. The summed E-state index contributed by atoms with van der Waals surface area (Å²) in [6, 6.07) is 9.03. The van der Waals surface area contributed by atoms with Gasteiger partial charge in [0, 0.05) is 16.8 Å². The SMILES string of the molecule is Cc1ccc(C(=O)Nc2ccc(CC3CCN(C)CC3)c(C(F)(F)F)c2)cc1C#Cc1cnc2[nH]ncc2n1. The third-order valence-electron chi connectivity index (χ3n) is 7.00. The number of aryl methyl sites for hydroxylation is 1. The zero-order chi connectivity index (χ0) is 27.6. The molecule has 0 bridgehead atoms. The third-order valence-corrected chi connectivity index (χ3v) is 7.00. The maximum absolute atomic E-state index is 13.9. The Balaban J connectivity index is 1.34. The van der Waals surface area contributed by atoms with Gasteiger partial charge in [0.05, 0.1) is 18.0 Å². The number of hydrogen-bond donors (Lipinski definition) is 2. The summed E-state index contributed by atoms with van der Waals surface area (Å²) in [5.41, 5.74) is 2.96. The number of fused-ring (bicyclic) bond motifs is 1. The van der Waals surface area contributed by atoms with Crippen molar-refractivity contribution in [3.63, 3.8) is 0 Å². The second kappa shape index (κ2) is 10.9. The molecule has 1 amide bonds. The second-order valence-corrected chi connectivity index (χ2v) is 9.91. The Hall–Kier alpha value is -4.23. The van der Waals surface area contributed by atoms with Crippen LogP contribution in [0.1, 0.15) is 51.1 Å². The highest BCUT2D eigenvalue weighted by molar-refractivity contribution is 6.04. The summed E-state index contributed by atoms with van der Waals surface area (Å²) in [4.78, 5) is 23.7. The zero-order valence-corrected chi connectivity index (χ0v) is 21.6. The van der Waals surface area contributed by atoms with Gasteiger partial charge >= 0.3 is 6.18 Å². The van der Waals surface area contributed by atoms with Crippen molar-refractivity contribution in [1.29, 1.82) is 0 Å². The Kier molecular flexibility index (Phi) is 7.35. The highest BCUT2D eigenvalue weighted by atomic mass is 19.4.